The molecule has 0 radical (unpaired) electrons. The molecule has 5 heteroatoms. The summed E-state index contributed by atoms with van der Waals surface area (Å²) in [5.74, 6) is 0.588. The number of aromatic nitrogens is 2. The molecule has 0 aliphatic carbocycles. The summed E-state index contributed by atoms with van der Waals surface area (Å²) in [6, 6.07) is 5.46. The number of methoxy groups -OCH3 is 1. The van der Waals surface area contributed by atoms with E-state index in [-0.39, 0.29) is 5.91 Å². The molecule has 0 unspecified atom stereocenters. The van der Waals surface area contributed by atoms with Crippen LogP contribution in [0.4, 0.5) is 0 Å². The zero-order chi connectivity index (χ0) is 12.3. The maximum atomic E-state index is 11.8. The van der Waals surface area contributed by atoms with Crippen molar-refractivity contribution in [1.82, 2.24) is 15.5 Å². The van der Waals surface area contributed by atoms with Gasteiger partial charge in [-0.15, -0.1) is 0 Å². The predicted molar refractivity (Wildman–Crippen MR) is 65.3 cm³/mol. The van der Waals surface area contributed by atoms with Gasteiger partial charge in [-0.05, 0) is 18.6 Å². The number of hydrogen-bond acceptors (Lipinski definition) is 3. The molecule has 0 saturated heterocycles. The Kier molecular flexibility index (Phi) is 3.27. The molecule has 0 aliphatic rings. The monoisotopic (exact) mass is 233 g/mol. The number of aromatic amines is 1. The van der Waals surface area contributed by atoms with Gasteiger partial charge in [-0.3, -0.25) is 9.89 Å². The predicted octanol–water partition coefficient (Wildman–Crippen LogP) is 1.71. The lowest BCUT2D eigenvalue weighted by Gasteiger charge is -2.01. The first kappa shape index (κ1) is 11.4. The molecule has 0 bridgehead atoms. The van der Waals surface area contributed by atoms with Crippen molar-refractivity contribution in [2.75, 3.05) is 13.7 Å². The minimum Gasteiger partial charge on any atom is -0.497 e. The number of nitrogens with one attached hydrogen (secondary N) is 2. The van der Waals surface area contributed by atoms with Crippen LogP contribution in [0.5, 0.6) is 5.75 Å². The van der Waals surface area contributed by atoms with E-state index in [2.05, 4.69) is 15.5 Å². The molecule has 2 aromatic rings. The Labute approximate surface area is 99.2 Å². The molecule has 17 heavy (non-hydrogen) atoms. The quantitative estimate of drug-likeness (QED) is 0.844. The zero-order valence-electron chi connectivity index (χ0n) is 9.91. The molecular weight excluding hydrogens is 218 g/mol. The van der Waals surface area contributed by atoms with Crippen LogP contribution in [0.25, 0.3) is 10.9 Å². The topological polar surface area (TPSA) is 67.0 Å². The molecule has 0 aliphatic heterocycles. The van der Waals surface area contributed by atoms with Crippen molar-refractivity contribution in [2.24, 2.45) is 0 Å². The van der Waals surface area contributed by atoms with E-state index in [1.807, 2.05) is 25.1 Å². The summed E-state index contributed by atoms with van der Waals surface area (Å²) in [6.07, 6.45) is 0.905. The number of hydrogen-bond donors (Lipinski definition) is 2. The number of nitrogens with zero attached hydrogens (tertiary/aromatic N) is 1. The molecule has 5 nitrogen and oxygen atoms in total. The number of rotatable bonds is 4. The van der Waals surface area contributed by atoms with Gasteiger partial charge in [-0.1, -0.05) is 6.92 Å². The molecule has 1 heterocycles. The molecule has 1 aromatic carbocycles. The highest BCUT2D eigenvalue weighted by atomic mass is 16.5. The standard InChI is InChI=1S/C12H15N3O2/c1-3-6-13-12(16)11-9-5-4-8(17-2)7-10(9)14-15-11/h4-5,7H,3,6H2,1-2H3,(H,13,16)(H,14,15). The van der Waals surface area contributed by atoms with E-state index in [0.717, 1.165) is 23.1 Å². The Balaban J connectivity index is 2.33. The van der Waals surface area contributed by atoms with Crippen LogP contribution in [0.1, 0.15) is 23.8 Å². The molecule has 90 valence electrons. The molecule has 0 fully saturated rings. The summed E-state index contributed by atoms with van der Waals surface area (Å²) in [7, 11) is 1.60. The Morgan fingerprint density at radius 1 is 1.53 bits per heavy atom. The van der Waals surface area contributed by atoms with Crippen LogP contribution >= 0.6 is 0 Å². The zero-order valence-corrected chi connectivity index (χ0v) is 9.91. The highest BCUT2D eigenvalue weighted by molar-refractivity contribution is 6.04. The van der Waals surface area contributed by atoms with Crippen LogP contribution in [0, 0.1) is 0 Å². The number of H-pyrrole nitrogens is 1. The smallest absolute Gasteiger partial charge is 0.272 e. The Bertz CT molecular complexity index is 534. The number of ether oxygens (including phenoxy) is 1. The Hall–Kier alpha value is -2.04. The summed E-state index contributed by atoms with van der Waals surface area (Å²) in [5.41, 5.74) is 1.22. The van der Waals surface area contributed by atoms with E-state index in [4.69, 9.17) is 4.74 Å². The molecule has 2 N–H and O–H groups in total. The van der Waals surface area contributed by atoms with Gasteiger partial charge in [-0.25, -0.2) is 0 Å². The van der Waals surface area contributed by atoms with Crippen LogP contribution in [0.3, 0.4) is 0 Å². The molecule has 0 saturated carbocycles. The highest BCUT2D eigenvalue weighted by Gasteiger charge is 2.13. The van der Waals surface area contributed by atoms with Gasteiger partial charge in [0, 0.05) is 18.0 Å². The fourth-order valence-corrected chi connectivity index (χ4v) is 1.62. The molecular formula is C12H15N3O2. The van der Waals surface area contributed by atoms with Crippen LogP contribution in [-0.2, 0) is 0 Å². The third-order valence-corrected chi connectivity index (χ3v) is 2.52. The largest absolute Gasteiger partial charge is 0.497 e. The molecule has 0 spiro atoms. The normalized spacial score (nSPS) is 10.5. The number of amides is 1. The van der Waals surface area contributed by atoms with Gasteiger partial charge in [0.25, 0.3) is 5.91 Å². The van der Waals surface area contributed by atoms with Crippen molar-refractivity contribution in [2.45, 2.75) is 13.3 Å². The summed E-state index contributed by atoms with van der Waals surface area (Å²) >= 11 is 0. The Morgan fingerprint density at radius 3 is 3.06 bits per heavy atom. The average molecular weight is 233 g/mol. The van der Waals surface area contributed by atoms with Crippen molar-refractivity contribution in [3.8, 4) is 5.75 Å². The van der Waals surface area contributed by atoms with Crippen molar-refractivity contribution in [1.29, 1.82) is 0 Å². The number of carbonyl (C=O) groups excluding carboxylic acids is 1. The van der Waals surface area contributed by atoms with Gasteiger partial charge in [0.1, 0.15) is 5.75 Å². The van der Waals surface area contributed by atoms with Crippen molar-refractivity contribution in [3.05, 3.63) is 23.9 Å². The van der Waals surface area contributed by atoms with Crippen LogP contribution in [0.2, 0.25) is 0 Å². The summed E-state index contributed by atoms with van der Waals surface area (Å²) in [4.78, 5) is 11.8. The highest BCUT2D eigenvalue weighted by Crippen LogP contribution is 2.21. The molecule has 1 amide bonds. The van der Waals surface area contributed by atoms with E-state index in [1.165, 1.54) is 0 Å². The number of benzene rings is 1. The van der Waals surface area contributed by atoms with E-state index in [1.54, 1.807) is 7.11 Å². The van der Waals surface area contributed by atoms with Crippen molar-refractivity contribution < 1.29 is 9.53 Å². The van der Waals surface area contributed by atoms with Crippen LogP contribution in [0.15, 0.2) is 18.2 Å². The van der Waals surface area contributed by atoms with E-state index < -0.39 is 0 Å². The first-order chi connectivity index (χ1) is 8.26. The van der Waals surface area contributed by atoms with E-state index in [0.29, 0.717) is 12.2 Å². The lowest BCUT2D eigenvalue weighted by Crippen LogP contribution is -2.24. The summed E-state index contributed by atoms with van der Waals surface area (Å²) in [6.45, 7) is 2.66. The van der Waals surface area contributed by atoms with Gasteiger partial charge >= 0.3 is 0 Å². The fraction of sp³-hybridized carbons (Fsp3) is 0.333. The minimum atomic E-state index is -0.150. The van der Waals surface area contributed by atoms with E-state index in [9.17, 15) is 4.79 Å². The second kappa shape index (κ2) is 4.86. The van der Waals surface area contributed by atoms with Gasteiger partial charge in [0.05, 0.1) is 12.6 Å². The van der Waals surface area contributed by atoms with Crippen molar-refractivity contribution in [3.63, 3.8) is 0 Å². The summed E-state index contributed by atoms with van der Waals surface area (Å²) in [5, 5.41) is 10.5. The second-order valence-electron chi connectivity index (χ2n) is 3.74. The lowest BCUT2D eigenvalue weighted by molar-refractivity contribution is 0.0950. The second-order valence-corrected chi connectivity index (χ2v) is 3.74. The summed E-state index contributed by atoms with van der Waals surface area (Å²) < 4.78 is 5.11. The van der Waals surface area contributed by atoms with Crippen molar-refractivity contribution >= 4 is 16.8 Å². The maximum absolute atomic E-state index is 11.8. The number of fused-ring (bicyclic) bond motifs is 1. The first-order valence-electron chi connectivity index (χ1n) is 5.56. The molecule has 1 aromatic heterocycles. The third kappa shape index (κ3) is 2.22. The first-order valence-corrected chi connectivity index (χ1v) is 5.56. The average Bonchev–Trinajstić information content (AvgIpc) is 2.78. The lowest BCUT2D eigenvalue weighted by atomic mass is 10.2. The molecule has 0 atom stereocenters. The fourth-order valence-electron chi connectivity index (χ4n) is 1.62. The van der Waals surface area contributed by atoms with Gasteiger partial charge in [0.2, 0.25) is 0 Å². The Morgan fingerprint density at radius 2 is 2.35 bits per heavy atom. The van der Waals surface area contributed by atoms with Gasteiger partial charge in [0.15, 0.2) is 5.69 Å². The molecule has 2 rings (SSSR count). The van der Waals surface area contributed by atoms with Gasteiger partial charge < -0.3 is 10.1 Å². The van der Waals surface area contributed by atoms with E-state index >= 15 is 0 Å². The number of carbonyl (C=O) groups is 1. The maximum Gasteiger partial charge on any atom is 0.272 e. The van der Waals surface area contributed by atoms with Crippen LogP contribution < -0.4 is 10.1 Å². The third-order valence-electron chi connectivity index (χ3n) is 2.52. The SMILES string of the molecule is CCCNC(=O)c1n[nH]c2cc(OC)ccc12. The van der Waals surface area contributed by atoms with Crippen LogP contribution in [-0.4, -0.2) is 29.8 Å². The minimum absolute atomic E-state index is 0.150. The van der Waals surface area contributed by atoms with Gasteiger partial charge in [-0.2, -0.15) is 5.10 Å².